The van der Waals surface area contributed by atoms with Crippen LogP contribution in [0.5, 0.6) is 0 Å². The molecule has 0 aromatic carbocycles. The monoisotopic (exact) mass is 278 g/mol. The van der Waals surface area contributed by atoms with Gasteiger partial charge in [-0.1, -0.05) is 32.6 Å². The summed E-state index contributed by atoms with van der Waals surface area (Å²) in [5, 5.41) is 0. The van der Waals surface area contributed by atoms with Crippen molar-refractivity contribution >= 4 is 5.95 Å². The minimum atomic E-state index is -0.356. The topological polar surface area (TPSA) is 73.9 Å². The van der Waals surface area contributed by atoms with E-state index in [0.717, 1.165) is 50.2 Å². The summed E-state index contributed by atoms with van der Waals surface area (Å²) in [7, 11) is 0. The van der Waals surface area contributed by atoms with E-state index in [1.807, 2.05) is 6.92 Å². The molecule has 5 heteroatoms. The maximum Gasteiger partial charge on any atom is 0.223 e. The maximum absolute atomic E-state index is 6.12. The second-order valence-electron chi connectivity index (χ2n) is 5.52. The van der Waals surface area contributed by atoms with E-state index in [-0.39, 0.29) is 5.60 Å². The molecule has 1 aliphatic carbocycles. The molecule has 1 saturated carbocycles. The van der Waals surface area contributed by atoms with Crippen molar-refractivity contribution in [2.24, 2.45) is 0 Å². The van der Waals surface area contributed by atoms with Crippen LogP contribution in [0.25, 0.3) is 0 Å². The fourth-order valence-corrected chi connectivity index (χ4v) is 2.99. The molecule has 2 rings (SSSR count). The molecule has 1 aromatic heterocycles. The Balaban J connectivity index is 2.36. The first-order chi connectivity index (χ1) is 9.70. The number of anilines is 1. The molecule has 0 spiro atoms. The Hall–Kier alpha value is -1.23. The predicted molar refractivity (Wildman–Crippen MR) is 79.2 cm³/mol. The number of nitrogens with two attached hydrogens (primary N) is 1. The third kappa shape index (κ3) is 3.45. The molecule has 0 amide bonds. The van der Waals surface area contributed by atoms with Crippen molar-refractivity contribution in [3.8, 4) is 0 Å². The van der Waals surface area contributed by atoms with E-state index in [1.165, 1.54) is 12.8 Å². The minimum Gasteiger partial charge on any atom is -0.368 e. The van der Waals surface area contributed by atoms with Gasteiger partial charge in [0.15, 0.2) is 5.82 Å². The van der Waals surface area contributed by atoms with Crippen molar-refractivity contribution in [2.45, 2.75) is 70.8 Å². The molecular formula is C15H26N4O. The fourth-order valence-electron chi connectivity index (χ4n) is 2.99. The summed E-state index contributed by atoms with van der Waals surface area (Å²) in [5.74, 6) is 1.86. The van der Waals surface area contributed by atoms with Gasteiger partial charge in [-0.05, 0) is 26.2 Å². The fraction of sp³-hybridized carbons (Fsp3) is 0.800. The first-order valence-corrected chi connectivity index (χ1v) is 7.85. The molecule has 0 saturated heterocycles. The number of rotatable bonds is 5. The molecule has 0 radical (unpaired) electrons. The Bertz CT molecular complexity index is 428. The lowest BCUT2D eigenvalue weighted by Gasteiger charge is -2.31. The van der Waals surface area contributed by atoms with Gasteiger partial charge in [0.05, 0.1) is 0 Å². The van der Waals surface area contributed by atoms with Crippen molar-refractivity contribution in [2.75, 3.05) is 12.3 Å². The molecule has 1 heterocycles. The Morgan fingerprint density at radius 2 is 1.75 bits per heavy atom. The molecule has 5 nitrogen and oxygen atoms in total. The highest BCUT2D eigenvalue weighted by Crippen LogP contribution is 2.37. The normalized spacial score (nSPS) is 18.7. The maximum atomic E-state index is 6.12. The molecule has 20 heavy (non-hydrogen) atoms. The summed E-state index contributed by atoms with van der Waals surface area (Å²) in [5.41, 5.74) is 5.52. The average molecular weight is 278 g/mol. The number of ether oxygens (including phenoxy) is 1. The van der Waals surface area contributed by atoms with Gasteiger partial charge >= 0.3 is 0 Å². The zero-order valence-electron chi connectivity index (χ0n) is 12.7. The first-order valence-electron chi connectivity index (χ1n) is 7.85. The lowest BCUT2D eigenvalue weighted by Crippen LogP contribution is -2.32. The lowest BCUT2D eigenvalue weighted by atomic mass is 9.93. The summed E-state index contributed by atoms with van der Waals surface area (Å²) < 4.78 is 6.12. The number of nitrogen functional groups attached to an aromatic ring is 1. The van der Waals surface area contributed by atoms with E-state index >= 15 is 0 Å². The minimum absolute atomic E-state index is 0.321. The molecule has 2 N–H and O–H groups in total. The van der Waals surface area contributed by atoms with Crippen LogP contribution in [0.15, 0.2) is 0 Å². The van der Waals surface area contributed by atoms with Crippen LogP contribution in [0.2, 0.25) is 0 Å². The van der Waals surface area contributed by atoms with Crippen LogP contribution in [0.1, 0.15) is 70.4 Å². The van der Waals surface area contributed by atoms with Crippen LogP contribution in [0.3, 0.4) is 0 Å². The summed E-state index contributed by atoms with van der Waals surface area (Å²) >= 11 is 0. The standard InChI is InChI=1S/C15H26N4O/c1-3-9-12-17-13(19-14(16)18-12)15(20-4-2)10-7-5-6-8-11-15/h3-11H2,1-2H3,(H2,16,17,18,19). The third-order valence-corrected chi connectivity index (χ3v) is 3.91. The smallest absolute Gasteiger partial charge is 0.223 e. The number of nitrogens with zero attached hydrogens (tertiary/aromatic N) is 3. The Kier molecular flexibility index (Phi) is 5.29. The zero-order valence-corrected chi connectivity index (χ0v) is 12.7. The van der Waals surface area contributed by atoms with Crippen LogP contribution in [0, 0.1) is 0 Å². The summed E-state index contributed by atoms with van der Waals surface area (Å²) in [6.07, 6.45) is 8.65. The molecule has 112 valence electrons. The Labute approximate surface area is 121 Å². The van der Waals surface area contributed by atoms with Gasteiger partial charge in [-0.25, -0.2) is 4.98 Å². The van der Waals surface area contributed by atoms with Crippen molar-refractivity contribution in [1.29, 1.82) is 0 Å². The highest BCUT2D eigenvalue weighted by atomic mass is 16.5. The second kappa shape index (κ2) is 6.97. The second-order valence-corrected chi connectivity index (χ2v) is 5.52. The van der Waals surface area contributed by atoms with E-state index in [4.69, 9.17) is 10.5 Å². The largest absolute Gasteiger partial charge is 0.368 e. The molecule has 0 atom stereocenters. The highest BCUT2D eigenvalue weighted by molar-refractivity contribution is 5.19. The molecule has 1 aromatic rings. The van der Waals surface area contributed by atoms with Gasteiger partial charge in [-0.15, -0.1) is 0 Å². The molecule has 1 aliphatic rings. The first kappa shape index (κ1) is 15.2. The van der Waals surface area contributed by atoms with Crippen LogP contribution >= 0.6 is 0 Å². The SMILES string of the molecule is CCCc1nc(N)nc(C2(OCC)CCCCCC2)n1. The van der Waals surface area contributed by atoms with Crippen LogP contribution < -0.4 is 5.73 Å². The van der Waals surface area contributed by atoms with Gasteiger partial charge < -0.3 is 10.5 Å². The lowest BCUT2D eigenvalue weighted by molar-refractivity contribution is -0.0626. The van der Waals surface area contributed by atoms with E-state index in [0.29, 0.717) is 12.6 Å². The molecule has 0 aliphatic heterocycles. The van der Waals surface area contributed by atoms with E-state index in [1.54, 1.807) is 0 Å². The third-order valence-electron chi connectivity index (χ3n) is 3.91. The van der Waals surface area contributed by atoms with E-state index < -0.39 is 0 Å². The van der Waals surface area contributed by atoms with E-state index in [2.05, 4.69) is 21.9 Å². The van der Waals surface area contributed by atoms with Crippen molar-refractivity contribution in [3.05, 3.63) is 11.6 Å². The summed E-state index contributed by atoms with van der Waals surface area (Å²) in [6.45, 7) is 4.82. The van der Waals surface area contributed by atoms with Crippen LogP contribution in [-0.2, 0) is 16.8 Å². The van der Waals surface area contributed by atoms with Gasteiger partial charge in [-0.2, -0.15) is 9.97 Å². The van der Waals surface area contributed by atoms with Crippen LogP contribution in [0.4, 0.5) is 5.95 Å². The van der Waals surface area contributed by atoms with Gasteiger partial charge in [0, 0.05) is 13.0 Å². The van der Waals surface area contributed by atoms with Gasteiger partial charge in [0.25, 0.3) is 0 Å². The number of aromatic nitrogens is 3. The molecule has 0 bridgehead atoms. The van der Waals surface area contributed by atoms with Crippen molar-refractivity contribution in [3.63, 3.8) is 0 Å². The van der Waals surface area contributed by atoms with E-state index in [9.17, 15) is 0 Å². The summed E-state index contributed by atoms with van der Waals surface area (Å²) in [4.78, 5) is 13.3. The van der Waals surface area contributed by atoms with Gasteiger partial charge in [0.1, 0.15) is 11.4 Å². The number of hydrogen-bond donors (Lipinski definition) is 1. The van der Waals surface area contributed by atoms with Crippen molar-refractivity contribution < 1.29 is 4.74 Å². The number of hydrogen-bond acceptors (Lipinski definition) is 5. The Morgan fingerprint density at radius 1 is 1.05 bits per heavy atom. The van der Waals surface area contributed by atoms with Gasteiger partial charge in [0.2, 0.25) is 5.95 Å². The Morgan fingerprint density at radius 3 is 2.35 bits per heavy atom. The predicted octanol–water partition coefficient (Wildman–Crippen LogP) is 2.99. The quantitative estimate of drug-likeness (QED) is 0.838. The van der Waals surface area contributed by atoms with Crippen LogP contribution in [-0.4, -0.2) is 21.6 Å². The average Bonchev–Trinajstić information content (AvgIpc) is 2.65. The molecule has 0 unspecified atom stereocenters. The molecule has 1 fully saturated rings. The van der Waals surface area contributed by atoms with Crippen molar-refractivity contribution in [1.82, 2.24) is 15.0 Å². The highest BCUT2D eigenvalue weighted by Gasteiger charge is 2.37. The van der Waals surface area contributed by atoms with Gasteiger partial charge in [-0.3, -0.25) is 0 Å². The summed E-state index contributed by atoms with van der Waals surface area (Å²) in [6, 6.07) is 0. The number of aryl methyl sites for hydroxylation is 1. The molecular weight excluding hydrogens is 252 g/mol. The zero-order chi connectivity index (χ0) is 14.4.